The second kappa shape index (κ2) is 7.77. The monoisotopic (exact) mass is 335 g/mol. The zero-order chi connectivity index (χ0) is 17.6. The van der Waals surface area contributed by atoms with Crippen molar-refractivity contribution in [1.82, 2.24) is 10.5 Å². The molecule has 0 fully saturated rings. The number of carbonyl (C=O) groups is 1. The van der Waals surface area contributed by atoms with Gasteiger partial charge in [0.1, 0.15) is 5.76 Å². The van der Waals surface area contributed by atoms with Crippen LogP contribution in [0.5, 0.6) is 0 Å². The second-order valence-corrected chi connectivity index (χ2v) is 6.01. The van der Waals surface area contributed by atoms with Crippen LogP contribution in [0.2, 0.25) is 0 Å². The van der Waals surface area contributed by atoms with Crippen LogP contribution in [-0.2, 0) is 4.79 Å². The van der Waals surface area contributed by atoms with Crippen molar-refractivity contribution in [3.05, 3.63) is 83.1 Å². The molecule has 1 heterocycles. The van der Waals surface area contributed by atoms with Gasteiger partial charge in [-0.1, -0.05) is 65.3 Å². The number of amides is 1. The van der Waals surface area contributed by atoms with E-state index in [9.17, 15) is 4.79 Å². The summed E-state index contributed by atoms with van der Waals surface area (Å²) in [5.41, 5.74) is 3.42. The Bertz CT molecular complexity index is 826. The van der Waals surface area contributed by atoms with Crippen molar-refractivity contribution in [2.24, 2.45) is 0 Å². The molecule has 128 valence electrons. The molecule has 2 N–H and O–H groups in total. The molecule has 1 aromatic heterocycles. The number of nitrogens with one attached hydrogen (secondary N) is 2. The number of aromatic nitrogens is 1. The highest BCUT2D eigenvalue weighted by Gasteiger charge is 2.15. The molecular formula is C20H21N3O2. The van der Waals surface area contributed by atoms with E-state index in [0.717, 1.165) is 11.1 Å². The fourth-order valence-electron chi connectivity index (χ4n) is 2.64. The molecule has 0 aliphatic heterocycles. The largest absolute Gasteiger partial charge is 0.360 e. The number of hydrogen-bond donors (Lipinski definition) is 2. The molecule has 2 aromatic carbocycles. The van der Waals surface area contributed by atoms with Crippen LogP contribution in [0, 0.1) is 13.8 Å². The third-order valence-corrected chi connectivity index (χ3v) is 3.91. The van der Waals surface area contributed by atoms with E-state index in [4.69, 9.17) is 4.52 Å². The van der Waals surface area contributed by atoms with Gasteiger partial charge in [0.2, 0.25) is 5.91 Å². The number of hydrogen-bond acceptors (Lipinski definition) is 4. The minimum absolute atomic E-state index is 0.0633. The highest BCUT2D eigenvalue weighted by Crippen LogP contribution is 2.22. The quantitative estimate of drug-likeness (QED) is 0.722. The molecule has 0 aliphatic rings. The molecule has 0 unspecified atom stereocenters. The predicted molar refractivity (Wildman–Crippen MR) is 97.3 cm³/mol. The summed E-state index contributed by atoms with van der Waals surface area (Å²) in [4.78, 5) is 12.2. The topological polar surface area (TPSA) is 67.2 Å². The van der Waals surface area contributed by atoms with Gasteiger partial charge in [0.05, 0.1) is 12.6 Å². The number of benzene rings is 2. The molecule has 0 aliphatic carbocycles. The smallest absolute Gasteiger partial charge is 0.239 e. The van der Waals surface area contributed by atoms with Gasteiger partial charge >= 0.3 is 0 Å². The summed E-state index contributed by atoms with van der Waals surface area (Å²) in [5, 5.41) is 9.83. The van der Waals surface area contributed by atoms with Crippen LogP contribution < -0.4 is 10.6 Å². The lowest BCUT2D eigenvalue weighted by atomic mass is 9.98. The summed E-state index contributed by atoms with van der Waals surface area (Å²) in [7, 11) is 0. The van der Waals surface area contributed by atoms with Gasteiger partial charge in [-0.25, -0.2) is 0 Å². The summed E-state index contributed by atoms with van der Waals surface area (Å²) in [6.07, 6.45) is 0. The summed E-state index contributed by atoms with van der Waals surface area (Å²) >= 11 is 0. The maximum Gasteiger partial charge on any atom is 0.239 e. The van der Waals surface area contributed by atoms with Crippen LogP contribution in [0.15, 0.2) is 65.2 Å². The molecule has 0 bridgehead atoms. The van der Waals surface area contributed by atoms with Crippen molar-refractivity contribution in [3.8, 4) is 0 Å². The average Bonchev–Trinajstić information content (AvgIpc) is 3.02. The summed E-state index contributed by atoms with van der Waals surface area (Å²) < 4.78 is 4.96. The van der Waals surface area contributed by atoms with Crippen molar-refractivity contribution in [2.75, 3.05) is 11.9 Å². The summed E-state index contributed by atoms with van der Waals surface area (Å²) in [5.74, 6) is 0.919. The fourth-order valence-corrected chi connectivity index (χ4v) is 2.64. The van der Waals surface area contributed by atoms with E-state index in [2.05, 4.69) is 59.1 Å². The Labute approximate surface area is 147 Å². The van der Waals surface area contributed by atoms with Crippen LogP contribution in [-0.4, -0.2) is 17.6 Å². The van der Waals surface area contributed by atoms with E-state index in [0.29, 0.717) is 11.6 Å². The zero-order valence-electron chi connectivity index (χ0n) is 14.3. The van der Waals surface area contributed by atoms with Crippen molar-refractivity contribution in [1.29, 1.82) is 0 Å². The molecule has 3 aromatic rings. The second-order valence-electron chi connectivity index (χ2n) is 6.01. The van der Waals surface area contributed by atoms with Crippen LogP contribution >= 0.6 is 0 Å². The lowest BCUT2D eigenvalue weighted by Crippen LogP contribution is -2.32. The van der Waals surface area contributed by atoms with Gasteiger partial charge < -0.3 is 9.84 Å². The Kier molecular flexibility index (Phi) is 5.26. The van der Waals surface area contributed by atoms with Gasteiger partial charge in [-0.2, -0.15) is 0 Å². The molecule has 25 heavy (non-hydrogen) atoms. The first-order valence-corrected chi connectivity index (χ1v) is 8.20. The van der Waals surface area contributed by atoms with Crippen LogP contribution in [0.1, 0.15) is 28.5 Å². The van der Waals surface area contributed by atoms with Gasteiger partial charge in [-0.05, 0) is 25.0 Å². The zero-order valence-corrected chi connectivity index (χ0v) is 14.3. The van der Waals surface area contributed by atoms with Crippen LogP contribution in [0.3, 0.4) is 0 Å². The van der Waals surface area contributed by atoms with Crippen LogP contribution in [0.4, 0.5) is 5.82 Å². The Morgan fingerprint density at radius 3 is 2.36 bits per heavy atom. The SMILES string of the molecule is Cc1ccc([C@@H](NCC(=O)Nc2cc(C)on2)c2ccccc2)cc1. The first-order valence-electron chi connectivity index (χ1n) is 8.20. The van der Waals surface area contributed by atoms with Crippen molar-refractivity contribution >= 4 is 11.7 Å². The van der Waals surface area contributed by atoms with Gasteiger partial charge in [0.15, 0.2) is 5.82 Å². The Balaban J connectivity index is 1.71. The number of rotatable bonds is 6. The lowest BCUT2D eigenvalue weighted by molar-refractivity contribution is -0.115. The molecular weight excluding hydrogens is 314 g/mol. The van der Waals surface area contributed by atoms with E-state index in [1.165, 1.54) is 5.56 Å². The van der Waals surface area contributed by atoms with Gasteiger partial charge in [0, 0.05) is 6.07 Å². The number of nitrogens with zero attached hydrogens (tertiary/aromatic N) is 1. The van der Waals surface area contributed by atoms with E-state index in [-0.39, 0.29) is 18.5 Å². The maximum absolute atomic E-state index is 12.2. The number of carbonyl (C=O) groups excluding carboxylic acids is 1. The van der Waals surface area contributed by atoms with E-state index in [1.807, 2.05) is 18.2 Å². The molecule has 0 saturated heterocycles. The highest BCUT2D eigenvalue weighted by molar-refractivity contribution is 5.91. The molecule has 1 atom stereocenters. The molecule has 0 radical (unpaired) electrons. The Morgan fingerprint density at radius 2 is 1.72 bits per heavy atom. The first kappa shape index (κ1) is 16.9. The Morgan fingerprint density at radius 1 is 1.04 bits per heavy atom. The molecule has 5 nitrogen and oxygen atoms in total. The molecule has 1 amide bonds. The lowest BCUT2D eigenvalue weighted by Gasteiger charge is -2.19. The third kappa shape index (κ3) is 4.55. The van der Waals surface area contributed by atoms with E-state index < -0.39 is 0 Å². The summed E-state index contributed by atoms with van der Waals surface area (Å²) in [6, 6.07) is 20.0. The van der Waals surface area contributed by atoms with Crippen molar-refractivity contribution < 1.29 is 9.32 Å². The summed E-state index contributed by atoms with van der Waals surface area (Å²) in [6.45, 7) is 4.01. The normalized spacial score (nSPS) is 11.9. The number of aryl methyl sites for hydroxylation is 2. The molecule has 0 saturated carbocycles. The minimum Gasteiger partial charge on any atom is -0.360 e. The standard InChI is InChI=1S/C20H21N3O2/c1-14-8-10-17(11-9-14)20(16-6-4-3-5-7-16)21-13-19(24)22-18-12-15(2)25-23-18/h3-12,20-21H,13H2,1-2H3,(H,22,23,24)/t20-/m0/s1. The molecule has 3 rings (SSSR count). The maximum atomic E-state index is 12.2. The minimum atomic E-state index is -0.165. The van der Waals surface area contributed by atoms with Gasteiger partial charge in [-0.3, -0.25) is 10.1 Å². The molecule has 5 heteroatoms. The van der Waals surface area contributed by atoms with Crippen molar-refractivity contribution in [3.63, 3.8) is 0 Å². The first-order chi connectivity index (χ1) is 12.1. The van der Waals surface area contributed by atoms with Crippen molar-refractivity contribution in [2.45, 2.75) is 19.9 Å². The fraction of sp³-hybridized carbons (Fsp3) is 0.200. The van der Waals surface area contributed by atoms with E-state index >= 15 is 0 Å². The molecule has 0 spiro atoms. The number of anilines is 1. The predicted octanol–water partition coefficient (Wildman–Crippen LogP) is 3.61. The third-order valence-electron chi connectivity index (χ3n) is 3.91. The van der Waals surface area contributed by atoms with Gasteiger partial charge in [0.25, 0.3) is 0 Å². The van der Waals surface area contributed by atoms with Gasteiger partial charge in [-0.15, -0.1) is 0 Å². The Hall–Kier alpha value is -2.92. The van der Waals surface area contributed by atoms with E-state index in [1.54, 1.807) is 13.0 Å². The highest BCUT2D eigenvalue weighted by atomic mass is 16.5. The average molecular weight is 335 g/mol. The van der Waals surface area contributed by atoms with Crippen LogP contribution in [0.25, 0.3) is 0 Å².